The Kier molecular flexibility index (Phi) is 1.96. The van der Waals surface area contributed by atoms with Gasteiger partial charge in [-0.05, 0) is 13.8 Å². The molecule has 1 aromatic carbocycles. The zero-order chi connectivity index (χ0) is 12.3. The number of hydrogen-bond donors (Lipinski definition) is 0. The molecule has 88 valence electrons. The van der Waals surface area contributed by atoms with Gasteiger partial charge in [-0.2, -0.15) is 0 Å². The second kappa shape index (κ2) is 3.43. The molecule has 0 fully saturated rings. The van der Waals surface area contributed by atoms with Crippen molar-refractivity contribution in [2.75, 3.05) is 0 Å². The van der Waals surface area contributed by atoms with Crippen molar-refractivity contribution in [2.45, 2.75) is 13.8 Å². The molecule has 0 spiro atoms. The summed E-state index contributed by atoms with van der Waals surface area (Å²) >= 11 is 3.40. The Bertz CT molecular complexity index is 832. The molecule has 0 aliphatic rings. The van der Waals surface area contributed by atoms with Crippen molar-refractivity contribution in [1.29, 1.82) is 0 Å². The molecule has 0 aliphatic carbocycles. The molecular weight excluding hydrogens is 264 g/mol. The predicted octanol–water partition coefficient (Wildman–Crippen LogP) is 3.47. The number of benzene rings is 1. The van der Waals surface area contributed by atoms with Crippen molar-refractivity contribution in [3.05, 3.63) is 22.4 Å². The second-order valence-electron chi connectivity index (χ2n) is 4.07. The number of rotatable bonds is 0. The van der Waals surface area contributed by atoms with Gasteiger partial charge in [-0.15, -0.1) is 22.7 Å². The zero-order valence-electron chi connectivity index (χ0n) is 9.76. The minimum atomic E-state index is 0.856. The molecule has 0 N–H and O–H groups in total. The summed E-state index contributed by atoms with van der Waals surface area (Å²) in [6.45, 7) is 4.04. The lowest BCUT2D eigenvalue weighted by Crippen LogP contribution is -1.86. The molecule has 0 saturated carbocycles. The Labute approximate surface area is 110 Å². The summed E-state index contributed by atoms with van der Waals surface area (Å²) in [5, 5.41) is 2.10. The Morgan fingerprint density at radius 2 is 1.17 bits per heavy atom. The lowest BCUT2D eigenvalue weighted by molar-refractivity contribution is 1.28. The van der Waals surface area contributed by atoms with Crippen LogP contribution in [0.3, 0.4) is 0 Å². The standard InChI is InChI=1S/C12H8N4S2/c1-5-15-9-7-8(14-4-3-13-7)10-12(11(9)17-5)18-6(2)16-10/h3-4H,1-2H3. The van der Waals surface area contributed by atoms with E-state index < -0.39 is 0 Å². The number of thiazole rings is 2. The predicted molar refractivity (Wildman–Crippen MR) is 75.4 cm³/mol. The van der Waals surface area contributed by atoms with Crippen LogP contribution in [0.15, 0.2) is 12.4 Å². The molecule has 18 heavy (non-hydrogen) atoms. The molecule has 3 heterocycles. The highest BCUT2D eigenvalue weighted by atomic mass is 32.1. The molecule has 4 nitrogen and oxygen atoms in total. The summed E-state index contributed by atoms with van der Waals surface area (Å²) in [6, 6.07) is 0. The summed E-state index contributed by atoms with van der Waals surface area (Å²) in [5.41, 5.74) is 3.62. The molecule has 4 rings (SSSR count). The van der Waals surface area contributed by atoms with Crippen LogP contribution in [-0.2, 0) is 0 Å². The van der Waals surface area contributed by atoms with E-state index in [1.54, 1.807) is 35.1 Å². The average Bonchev–Trinajstić information content (AvgIpc) is 2.92. The number of nitrogens with zero attached hydrogens (tertiary/aromatic N) is 4. The van der Waals surface area contributed by atoms with Crippen molar-refractivity contribution in [3.8, 4) is 0 Å². The molecule has 0 unspecified atom stereocenters. The van der Waals surface area contributed by atoms with Crippen LogP contribution in [0.25, 0.3) is 31.5 Å². The highest BCUT2D eigenvalue weighted by molar-refractivity contribution is 7.27. The monoisotopic (exact) mass is 272 g/mol. The third-order valence-corrected chi connectivity index (χ3v) is 4.93. The Morgan fingerprint density at radius 3 is 1.61 bits per heavy atom. The van der Waals surface area contributed by atoms with E-state index in [0.717, 1.165) is 32.1 Å². The smallest absolute Gasteiger partial charge is 0.118 e. The second-order valence-corrected chi connectivity index (χ2v) is 6.48. The summed E-state index contributed by atoms with van der Waals surface area (Å²) in [7, 11) is 0. The summed E-state index contributed by atoms with van der Waals surface area (Å²) in [4.78, 5) is 18.0. The largest absolute Gasteiger partial charge is 0.251 e. The first-order chi connectivity index (χ1) is 8.74. The zero-order valence-corrected chi connectivity index (χ0v) is 11.4. The van der Waals surface area contributed by atoms with Crippen LogP contribution in [-0.4, -0.2) is 19.9 Å². The molecule has 0 atom stereocenters. The normalized spacial score (nSPS) is 11.9. The quantitative estimate of drug-likeness (QED) is 0.492. The topological polar surface area (TPSA) is 51.6 Å². The highest BCUT2D eigenvalue weighted by Gasteiger charge is 2.16. The minimum Gasteiger partial charge on any atom is -0.251 e. The lowest BCUT2D eigenvalue weighted by Gasteiger charge is -1.97. The molecule has 4 aromatic rings. The van der Waals surface area contributed by atoms with E-state index >= 15 is 0 Å². The van der Waals surface area contributed by atoms with Crippen molar-refractivity contribution in [3.63, 3.8) is 0 Å². The van der Waals surface area contributed by atoms with Crippen LogP contribution in [0, 0.1) is 13.8 Å². The van der Waals surface area contributed by atoms with Gasteiger partial charge in [0.15, 0.2) is 0 Å². The number of aromatic nitrogens is 4. The first-order valence-corrected chi connectivity index (χ1v) is 7.14. The fraction of sp³-hybridized carbons (Fsp3) is 0.167. The van der Waals surface area contributed by atoms with Crippen molar-refractivity contribution in [1.82, 2.24) is 19.9 Å². The SMILES string of the molecule is Cc1nc2c3nccnc3c3nc(C)sc3c2s1. The van der Waals surface area contributed by atoms with Gasteiger partial charge in [0.25, 0.3) is 0 Å². The highest BCUT2D eigenvalue weighted by Crippen LogP contribution is 2.38. The van der Waals surface area contributed by atoms with Gasteiger partial charge >= 0.3 is 0 Å². The van der Waals surface area contributed by atoms with E-state index in [1.807, 2.05) is 13.8 Å². The average molecular weight is 272 g/mol. The Balaban J connectivity index is 2.44. The van der Waals surface area contributed by atoms with Gasteiger partial charge in [-0.1, -0.05) is 0 Å². The van der Waals surface area contributed by atoms with Crippen LogP contribution in [0.5, 0.6) is 0 Å². The molecule has 0 bridgehead atoms. The maximum absolute atomic E-state index is 4.60. The molecule has 6 heteroatoms. The van der Waals surface area contributed by atoms with Gasteiger partial charge in [-0.3, -0.25) is 9.97 Å². The van der Waals surface area contributed by atoms with E-state index in [9.17, 15) is 0 Å². The van der Waals surface area contributed by atoms with E-state index in [2.05, 4.69) is 19.9 Å². The minimum absolute atomic E-state index is 0.856. The number of hydrogen-bond acceptors (Lipinski definition) is 6. The van der Waals surface area contributed by atoms with Crippen molar-refractivity contribution >= 4 is 54.1 Å². The van der Waals surface area contributed by atoms with Gasteiger partial charge in [-0.25, -0.2) is 9.97 Å². The van der Waals surface area contributed by atoms with Crippen LogP contribution in [0.1, 0.15) is 10.0 Å². The van der Waals surface area contributed by atoms with Crippen molar-refractivity contribution < 1.29 is 0 Å². The molecule has 3 aromatic heterocycles. The fourth-order valence-electron chi connectivity index (χ4n) is 2.17. The van der Waals surface area contributed by atoms with E-state index in [1.165, 1.54) is 9.40 Å². The van der Waals surface area contributed by atoms with Crippen LogP contribution in [0.4, 0.5) is 0 Å². The summed E-state index contributed by atoms with van der Waals surface area (Å²) in [5.74, 6) is 0. The van der Waals surface area contributed by atoms with Gasteiger partial charge in [0.05, 0.1) is 19.4 Å². The van der Waals surface area contributed by atoms with Crippen LogP contribution < -0.4 is 0 Å². The Hall–Kier alpha value is -1.66. The molecule has 0 radical (unpaired) electrons. The van der Waals surface area contributed by atoms with E-state index in [-0.39, 0.29) is 0 Å². The number of aryl methyl sites for hydroxylation is 2. The van der Waals surface area contributed by atoms with Gasteiger partial charge in [0, 0.05) is 12.4 Å². The van der Waals surface area contributed by atoms with Gasteiger partial charge in [0.1, 0.15) is 22.1 Å². The number of fused-ring (bicyclic) bond motifs is 6. The van der Waals surface area contributed by atoms with Gasteiger partial charge in [0.2, 0.25) is 0 Å². The van der Waals surface area contributed by atoms with Crippen molar-refractivity contribution in [2.24, 2.45) is 0 Å². The maximum Gasteiger partial charge on any atom is 0.118 e. The van der Waals surface area contributed by atoms with Gasteiger partial charge < -0.3 is 0 Å². The molecule has 0 amide bonds. The maximum atomic E-state index is 4.60. The van der Waals surface area contributed by atoms with Crippen LogP contribution in [0.2, 0.25) is 0 Å². The van der Waals surface area contributed by atoms with Crippen LogP contribution >= 0.6 is 22.7 Å². The summed E-state index contributed by atoms with van der Waals surface area (Å²) in [6.07, 6.45) is 3.42. The van der Waals surface area contributed by atoms with E-state index in [0.29, 0.717) is 0 Å². The third kappa shape index (κ3) is 1.24. The first-order valence-electron chi connectivity index (χ1n) is 5.51. The Morgan fingerprint density at radius 1 is 0.722 bits per heavy atom. The van der Waals surface area contributed by atoms with E-state index in [4.69, 9.17) is 0 Å². The molecular formula is C12H8N4S2. The lowest BCUT2D eigenvalue weighted by atomic mass is 10.2. The summed E-state index contributed by atoms with van der Waals surface area (Å²) < 4.78 is 2.36. The first kappa shape index (κ1) is 10.3. The molecule has 0 saturated heterocycles. The third-order valence-electron chi connectivity index (χ3n) is 2.82. The molecule has 0 aliphatic heterocycles. The fourth-order valence-corrected chi connectivity index (χ4v) is 4.14.